The molecule has 132 valence electrons. The van der Waals surface area contributed by atoms with Gasteiger partial charge in [-0.2, -0.15) is 0 Å². The van der Waals surface area contributed by atoms with Gasteiger partial charge < -0.3 is 4.74 Å². The van der Waals surface area contributed by atoms with Crippen molar-refractivity contribution in [2.24, 2.45) is 0 Å². The summed E-state index contributed by atoms with van der Waals surface area (Å²) in [5.41, 5.74) is 1.78. The minimum absolute atomic E-state index is 0.127. The average molecular weight is 352 g/mol. The maximum atomic E-state index is 13.1. The topological polar surface area (TPSA) is 91.4 Å². The van der Waals surface area contributed by atoms with Crippen molar-refractivity contribution in [2.75, 3.05) is 7.11 Å². The van der Waals surface area contributed by atoms with Gasteiger partial charge >= 0.3 is 5.97 Å². The number of ether oxygens (including phenoxy) is 1. The first-order valence-corrected chi connectivity index (χ1v) is 7.85. The van der Waals surface area contributed by atoms with Gasteiger partial charge in [-0.15, -0.1) is 0 Å². The molecule has 0 saturated carbocycles. The average Bonchev–Trinajstić information content (AvgIpc) is 2.92. The van der Waals surface area contributed by atoms with Crippen molar-refractivity contribution in [3.8, 4) is 0 Å². The molecular formula is C19H16N2O5. The van der Waals surface area contributed by atoms with E-state index in [1.807, 2.05) is 0 Å². The van der Waals surface area contributed by atoms with Crippen molar-refractivity contribution in [3.63, 3.8) is 0 Å². The number of methoxy groups -OCH3 is 1. The third-order valence-corrected chi connectivity index (χ3v) is 4.36. The van der Waals surface area contributed by atoms with Crippen molar-refractivity contribution < 1.29 is 19.2 Å². The Balaban J connectivity index is 2.25. The van der Waals surface area contributed by atoms with E-state index in [0.29, 0.717) is 27.7 Å². The highest BCUT2D eigenvalue weighted by atomic mass is 16.6. The monoisotopic (exact) mass is 352 g/mol. The largest absolute Gasteiger partial charge is 0.465 e. The van der Waals surface area contributed by atoms with Crippen molar-refractivity contribution in [1.29, 1.82) is 0 Å². The Morgan fingerprint density at radius 1 is 1.12 bits per heavy atom. The first-order chi connectivity index (χ1) is 12.4. The third kappa shape index (κ3) is 2.63. The molecule has 26 heavy (non-hydrogen) atoms. The van der Waals surface area contributed by atoms with E-state index in [2.05, 4.69) is 0 Å². The summed E-state index contributed by atoms with van der Waals surface area (Å²) in [6, 6.07) is 11.3. The maximum absolute atomic E-state index is 13.1. The molecule has 1 aromatic heterocycles. The molecule has 0 atom stereocenters. The lowest BCUT2D eigenvalue weighted by molar-refractivity contribution is -0.385. The van der Waals surface area contributed by atoms with Crippen molar-refractivity contribution in [3.05, 3.63) is 75.0 Å². The zero-order chi connectivity index (χ0) is 19.0. The summed E-state index contributed by atoms with van der Waals surface area (Å²) in [7, 11) is 1.28. The number of benzene rings is 2. The van der Waals surface area contributed by atoms with E-state index in [1.54, 1.807) is 38.1 Å². The Labute approximate surface area is 149 Å². The summed E-state index contributed by atoms with van der Waals surface area (Å²) in [4.78, 5) is 35.9. The quantitative estimate of drug-likeness (QED) is 0.408. The number of hydrogen-bond donors (Lipinski definition) is 0. The molecule has 2 aromatic carbocycles. The summed E-state index contributed by atoms with van der Waals surface area (Å²) < 4.78 is 6.22. The van der Waals surface area contributed by atoms with Crippen LogP contribution in [0.25, 0.3) is 10.9 Å². The molecule has 0 radical (unpaired) electrons. The van der Waals surface area contributed by atoms with Crippen LogP contribution < -0.4 is 0 Å². The van der Waals surface area contributed by atoms with Crippen LogP contribution in [0.4, 0.5) is 5.69 Å². The van der Waals surface area contributed by atoms with Gasteiger partial charge in [0.15, 0.2) is 0 Å². The molecule has 0 N–H and O–H groups in total. The molecule has 0 aliphatic rings. The van der Waals surface area contributed by atoms with E-state index in [1.165, 1.54) is 29.9 Å². The van der Waals surface area contributed by atoms with Gasteiger partial charge in [0.2, 0.25) is 0 Å². The Morgan fingerprint density at radius 3 is 2.46 bits per heavy atom. The molecule has 0 aliphatic carbocycles. The van der Waals surface area contributed by atoms with Crippen LogP contribution >= 0.6 is 0 Å². The van der Waals surface area contributed by atoms with E-state index >= 15 is 0 Å². The molecular weight excluding hydrogens is 336 g/mol. The molecule has 0 fully saturated rings. The predicted molar refractivity (Wildman–Crippen MR) is 95.6 cm³/mol. The van der Waals surface area contributed by atoms with Gasteiger partial charge in [-0.1, -0.05) is 24.3 Å². The number of nitro groups is 1. The first kappa shape index (κ1) is 17.3. The minimum atomic E-state index is -0.542. The number of carbonyl (C=O) groups excluding carboxylic acids is 2. The lowest BCUT2D eigenvalue weighted by atomic mass is 10.1. The number of esters is 1. The fraction of sp³-hybridized carbons (Fsp3) is 0.158. The number of para-hydroxylation sites is 1. The Hall–Kier alpha value is -3.48. The Morgan fingerprint density at radius 2 is 1.81 bits per heavy atom. The van der Waals surface area contributed by atoms with Crippen LogP contribution in [0.5, 0.6) is 0 Å². The van der Waals surface area contributed by atoms with Crippen molar-refractivity contribution in [1.82, 2.24) is 4.57 Å². The highest BCUT2D eigenvalue weighted by Gasteiger charge is 2.25. The number of fused-ring (bicyclic) bond motifs is 1. The normalized spacial score (nSPS) is 10.7. The SMILES string of the molecule is COC(=O)c1c(C)n(C(=O)c2ccc(C)c([N+](=O)[O-])c2)c2ccccc12. The third-order valence-electron chi connectivity index (χ3n) is 4.36. The lowest BCUT2D eigenvalue weighted by Gasteiger charge is -2.08. The van der Waals surface area contributed by atoms with E-state index in [9.17, 15) is 19.7 Å². The molecule has 0 unspecified atom stereocenters. The highest BCUT2D eigenvalue weighted by molar-refractivity contribution is 6.11. The van der Waals surface area contributed by atoms with Gasteiger partial charge in [0, 0.05) is 28.3 Å². The summed E-state index contributed by atoms with van der Waals surface area (Å²) >= 11 is 0. The van der Waals surface area contributed by atoms with Crippen LogP contribution in [0.3, 0.4) is 0 Å². The maximum Gasteiger partial charge on any atom is 0.340 e. The van der Waals surface area contributed by atoms with Gasteiger partial charge in [0.05, 0.1) is 23.1 Å². The van der Waals surface area contributed by atoms with E-state index in [-0.39, 0.29) is 11.3 Å². The Kier molecular flexibility index (Phi) is 4.29. The number of carbonyl (C=O) groups is 2. The second-order valence-corrected chi connectivity index (χ2v) is 5.87. The van der Waals surface area contributed by atoms with E-state index < -0.39 is 16.8 Å². The lowest BCUT2D eigenvalue weighted by Crippen LogP contribution is -2.15. The number of aromatic nitrogens is 1. The predicted octanol–water partition coefficient (Wildman–Crippen LogP) is 3.64. The summed E-state index contributed by atoms with van der Waals surface area (Å²) in [6.45, 7) is 3.25. The number of hydrogen-bond acceptors (Lipinski definition) is 5. The van der Waals surface area contributed by atoms with Gasteiger partial charge in [0.25, 0.3) is 11.6 Å². The summed E-state index contributed by atoms with van der Waals surface area (Å²) in [5.74, 6) is -0.989. The first-order valence-electron chi connectivity index (χ1n) is 7.85. The second kappa shape index (κ2) is 6.44. The molecule has 0 spiro atoms. The molecule has 7 nitrogen and oxygen atoms in total. The van der Waals surface area contributed by atoms with Crippen LogP contribution in [0.15, 0.2) is 42.5 Å². The number of nitro benzene ring substituents is 1. The highest BCUT2D eigenvalue weighted by Crippen LogP contribution is 2.28. The minimum Gasteiger partial charge on any atom is -0.465 e. The summed E-state index contributed by atoms with van der Waals surface area (Å²) in [5, 5.41) is 11.8. The molecule has 7 heteroatoms. The van der Waals surface area contributed by atoms with E-state index in [4.69, 9.17) is 4.74 Å². The van der Waals surface area contributed by atoms with Crippen LogP contribution in [0, 0.1) is 24.0 Å². The number of rotatable bonds is 3. The van der Waals surface area contributed by atoms with Gasteiger partial charge in [-0.3, -0.25) is 19.5 Å². The smallest absolute Gasteiger partial charge is 0.340 e. The Bertz CT molecular complexity index is 1070. The molecule has 3 rings (SSSR count). The fourth-order valence-corrected chi connectivity index (χ4v) is 3.06. The molecule has 3 aromatic rings. The zero-order valence-corrected chi connectivity index (χ0v) is 14.5. The molecule has 0 amide bonds. The van der Waals surface area contributed by atoms with Gasteiger partial charge in [-0.05, 0) is 26.0 Å². The molecule has 0 aliphatic heterocycles. The van der Waals surface area contributed by atoms with Gasteiger partial charge in [-0.25, -0.2) is 4.79 Å². The van der Waals surface area contributed by atoms with Crippen LogP contribution in [0.2, 0.25) is 0 Å². The number of nitrogens with zero attached hydrogens (tertiary/aromatic N) is 2. The zero-order valence-electron chi connectivity index (χ0n) is 14.5. The summed E-state index contributed by atoms with van der Waals surface area (Å²) in [6.07, 6.45) is 0. The van der Waals surface area contributed by atoms with Crippen molar-refractivity contribution in [2.45, 2.75) is 13.8 Å². The van der Waals surface area contributed by atoms with E-state index in [0.717, 1.165) is 0 Å². The van der Waals surface area contributed by atoms with Gasteiger partial charge in [0.1, 0.15) is 0 Å². The molecule has 0 bridgehead atoms. The second-order valence-electron chi connectivity index (χ2n) is 5.87. The van der Waals surface area contributed by atoms with Crippen LogP contribution in [-0.4, -0.2) is 28.5 Å². The molecule has 0 saturated heterocycles. The van der Waals surface area contributed by atoms with Crippen molar-refractivity contribution >= 4 is 28.5 Å². The number of aryl methyl sites for hydroxylation is 1. The fourth-order valence-electron chi connectivity index (χ4n) is 3.06. The van der Waals surface area contributed by atoms with Crippen LogP contribution in [0.1, 0.15) is 32.0 Å². The van der Waals surface area contributed by atoms with Crippen LogP contribution in [-0.2, 0) is 4.74 Å². The molecule has 1 heterocycles. The standard InChI is InChI=1S/C19H16N2O5/c1-11-8-9-13(10-16(11)21(24)25)18(22)20-12(2)17(19(23)26-3)14-6-4-5-7-15(14)20/h4-10H,1-3H3.